The fourth-order valence-electron chi connectivity index (χ4n) is 4.48. The fraction of sp³-hybridized carbons (Fsp3) is 0.810. The van der Waals surface area contributed by atoms with Crippen LogP contribution in [0.25, 0.3) is 0 Å². The van der Waals surface area contributed by atoms with E-state index in [1.165, 1.54) is 50.5 Å². The van der Waals surface area contributed by atoms with Crippen molar-refractivity contribution in [3.8, 4) is 0 Å². The Labute approximate surface area is 137 Å². The van der Waals surface area contributed by atoms with Gasteiger partial charge in [0.05, 0.1) is 5.60 Å². The van der Waals surface area contributed by atoms with Gasteiger partial charge in [0.25, 0.3) is 0 Å². The molecule has 3 atom stereocenters. The maximum Gasteiger partial charge on any atom is 0.0625 e. The van der Waals surface area contributed by atoms with Crippen LogP contribution in [-0.4, -0.2) is 10.7 Å². The Morgan fingerprint density at radius 3 is 2.55 bits per heavy atom. The van der Waals surface area contributed by atoms with Crippen molar-refractivity contribution in [2.24, 2.45) is 17.8 Å². The minimum absolute atomic E-state index is 0.427. The summed E-state index contributed by atoms with van der Waals surface area (Å²) in [5.41, 5.74) is 2.68. The van der Waals surface area contributed by atoms with Crippen molar-refractivity contribution in [3.63, 3.8) is 0 Å². The second kappa shape index (κ2) is 7.81. The highest BCUT2D eigenvalue weighted by Crippen LogP contribution is 2.44. The highest BCUT2D eigenvalue weighted by atomic mass is 16.3. The molecule has 0 bridgehead atoms. The van der Waals surface area contributed by atoms with Gasteiger partial charge in [0.1, 0.15) is 0 Å². The molecule has 2 aliphatic carbocycles. The third-order valence-corrected chi connectivity index (χ3v) is 5.89. The van der Waals surface area contributed by atoms with Crippen LogP contribution in [0.5, 0.6) is 0 Å². The number of hydrogen-bond acceptors (Lipinski definition) is 1. The van der Waals surface area contributed by atoms with Crippen LogP contribution in [-0.2, 0) is 0 Å². The third-order valence-electron chi connectivity index (χ3n) is 5.89. The molecule has 0 amide bonds. The zero-order valence-corrected chi connectivity index (χ0v) is 15.2. The molecule has 126 valence electrons. The van der Waals surface area contributed by atoms with Crippen molar-refractivity contribution in [1.82, 2.24) is 0 Å². The van der Waals surface area contributed by atoms with Gasteiger partial charge in [-0.2, -0.15) is 0 Å². The third kappa shape index (κ3) is 4.72. The molecule has 2 rings (SSSR count). The largest absolute Gasteiger partial charge is 0.390 e. The van der Waals surface area contributed by atoms with Crippen LogP contribution in [0.4, 0.5) is 0 Å². The smallest absolute Gasteiger partial charge is 0.0625 e. The molecule has 0 saturated carbocycles. The van der Waals surface area contributed by atoms with Crippen molar-refractivity contribution in [2.75, 3.05) is 0 Å². The van der Waals surface area contributed by atoms with Crippen LogP contribution in [0, 0.1) is 17.8 Å². The van der Waals surface area contributed by atoms with E-state index in [4.69, 9.17) is 0 Å². The average molecular weight is 305 g/mol. The molecule has 1 N–H and O–H groups in total. The molecule has 0 spiro atoms. The van der Waals surface area contributed by atoms with Gasteiger partial charge in [0.15, 0.2) is 0 Å². The molecule has 0 aliphatic heterocycles. The average Bonchev–Trinajstić information content (AvgIpc) is 2.47. The second-order valence-electron chi connectivity index (χ2n) is 8.24. The van der Waals surface area contributed by atoms with E-state index in [1.807, 2.05) is 13.8 Å². The van der Waals surface area contributed by atoms with Gasteiger partial charge in [0, 0.05) is 0 Å². The molecule has 1 nitrogen and oxygen atoms in total. The summed E-state index contributed by atoms with van der Waals surface area (Å²) in [6, 6.07) is 0. The molecule has 0 fully saturated rings. The first kappa shape index (κ1) is 17.8. The summed E-state index contributed by atoms with van der Waals surface area (Å²) in [7, 11) is 0. The van der Waals surface area contributed by atoms with Crippen LogP contribution in [0.3, 0.4) is 0 Å². The van der Waals surface area contributed by atoms with Crippen molar-refractivity contribution in [2.45, 2.75) is 91.1 Å². The molecule has 0 heterocycles. The van der Waals surface area contributed by atoms with Gasteiger partial charge in [-0.05, 0) is 83.5 Å². The lowest BCUT2D eigenvalue weighted by molar-refractivity contribution is -0.0210. The van der Waals surface area contributed by atoms with E-state index in [1.54, 1.807) is 5.57 Å². The van der Waals surface area contributed by atoms with Gasteiger partial charge in [-0.15, -0.1) is 0 Å². The number of hydrogen-bond donors (Lipinski definition) is 1. The zero-order chi connectivity index (χ0) is 16.2. The minimum atomic E-state index is -0.549. The first-order chi connectivity index (χ1) is 10.4. The lowest BCUT2D eigenvalue weighted by atomic mass is 9.65. The summed E-state index contributed by atoms with van der Waals surface area (Å²) < 4.78 is 0. The van der Waals surface area contributed by atoms with Gasteiger partial charge in [-0.25, -0.2) is 0 Å². The van der Waals surface area contributed by atoms with E-state index in [-0.39, 0.29) is 0 Å². The molecule has 0 aromatic heterocycles. The Morgan fingerprint density at radius 1 is 1.18 bits per heavy atom. The van der Waals surface area contributed by atoms with E-state index < -0.39 is 5.60 Å². The molecular weight excluding hydrogens is 268 g/mol. The summed E-state index contributed by atoms with van der Waals surface area (Å²) in [6.45, 7) is 8.56. The van der Waals surface area contributed by atoms with Crippen LogP contribution >= 0.6 is 0 Å². The molecule has 0 saturated heterocycles. The van der Waals surface area contributed by atoms with Gasteiger partial charge in [-0.3, -0.25) is 0 Å². The summed E-state index contributed by atoms with van der Waals surface area (Å²) in [6.07, 6.45) is 16.5. The lowest BCUT2D eigenvalue weighted by Gasteiger charge is -2.42. The highest BCUT2D eigenvalue weighted by Gasteiger charge is 2.38. The number of allylic oxidation sites excluding steroid dienone is 4. The minimum Gasteiger partial charge on any atom is -0.390 e. The molecule has 3 unspecified atom stereocenters. The molecule has 2 aliphatic rings. The zero-order valence-electron chi connectivity index (χ0n) is 15.2. The number of unbranched alkanes of at least 4 members (excludes halogenated alkanes) is 2. The van der Waals surface area contributed by atoms with Crippen molar-refractivity contribution >= 4 is 0 Å². The molecule has 0 radical (unpaired) electrons. The summed E-state index contributed by atoms with van der Waals surface area (Å²) in [4.78, 5) is 0. The van der Waals surface area contributed by atoms with Crippen LogP contribution in [0.1, 0.15) is 85.5 Å². The monoisotopic (exact) mass is 304 g/mol. The predicted molar refractivity (Wildman–Crippen MR) is 95.8 cm³/mol. The molecular formula is C21H36O. The van der Waals surface area contributed by atoms with Gasteiger partial charge in [-0.1, -0.05) is 43.1 Å². The van der Waals surface area contributed by atoms with Crippen molar-refractivity contribution in [1.29, 1.82) is 0 Å². The fourth-order valence-corrected chi connectivity index (χ4v) is 4.48. The summed E-state index contributed by atoms with van der Waals surface area (Å²) in [5.74, 6) is 1.74. The Kier molecular flexibility index (Phi) is 6.32. The molecule has 1 heteroatoms. The highest BCUT2D eigenvalue weighted by molar-refractivity contribution is 5.14. The van der Waals surface area contributed by atoms with Gasteiger partial charge >= 0.3 is 0 Å². The van der Waals surface area contributed by atoms with E-state index in [2.05, 4.69) is 26.0 Å². The SMILES string of the molecule is CCCCCC1=CCC(C2C=C(C)CCC2C(C)(C)O)CC1. The maximum atomic E-state index is 10.6. The van der Waals surface area contributed by atoms with E-state index in [0.717, 1.165) is 18.8 Å². The maximum absolute atomic E-state index is 10.6. The Balaban J connectivity index is 1.99. The van der Waals surface area contributed by atoms with Gasteiger partial charge < -0.3 is 5.11 Å². The molecule has 22 heavy (non-hydrogen) atoms. The standard InChI is InChI=1S/C21H36O/c1-5-6-7-8-17-10-12-18(13-11-17)19-15-16(2)9-14-20(19)21(3,4)22/h10,15,18-20,22H,5-9,11-14H2,1-4H3. The quantitative estimate of drug-likeness (QED) is 0.469. The Bertz CT molecular complexity index is 410. The first-order valence-corrected chi connectivity index (χ1v) is 9.49. The Morgan fingerprint density at radius 2 is 1.95 bits per heavy atom. The predicted octanol–water partition coefficient (Wildman–Crippen LogP) is 6.04. The summed E-state index contributed by atoms with van der Waals surface area (Å²) >= 11 is 0. The number of aliphatic hydroxyl groups is 1. The topological polar surface area (TPSA) is 20.2 Å². The van der Waals surface area contributed by atoms with E-state index in [9.17, 15) is 5.11 Å². The Hall–Kier alpha value is -0.560. The van der Waals surface area contributed by atoms with Crippen molar-refractivity contribution < 1.29 is 5.11 Å². The van der Waals surface area contributed by atoms with Crippen molar-refractivity contribution in [3.05, 3.63) is 23.3 Å². The van der Waals surface area contributed by atoms with E-state index in [0.29, 0.717) is 11.8 Å². The molecule has 0 aromatic carbocycles. The van der Waals surface area contributed by atoms with Crippen LogP contribution in [0.2, 0.25) is 0 Å². The van der Waals surface area contributed by atoms with E-state index >= 15 is 0 Å². The summed E-state index contributed by atoms with van der Waals surface area (Å²) in [5, 5.41) is 10.6. The van der Waals surface area contributed by atoms with Gasteiger partial charge in [0.2, 0.25) is 0 Å². The first-order valence-electron chi connectivity index (χ1n) is 9.49. The van der Waals surface area contributed by atoms with Crippen LogP contribution < -0.4 is 0 Å². The number of rotatable bonds is 6. The molecule has 0 aromatic rings. The van der Waals surface area contributed by atoms with Crippen LogP contribution in [0.15, 0.2) is 23.3 Å². The lowest BCUT2D eigenvalue weighted by Crippen LogP contribution is -2.40. The second-order valence-corrected chi connectivity index (χ2v) is 8.24. The normalized spacial score (nSPS) is 30.0.